The van der Waals surface area contributed by atoms with Gasteiger partial charge in [-0.25, -0.2) is 4.98 Å². The number of hydrogen-bond acceptors (Lipinski definition) is 5. The summed E-state index contributed by atoms with van der Waals surface area (Å²) < 4.78 is 5.73. The van der Waals surface area contributed by atoms with Crippen molar-refractivity contribution in [1.29, 1.82) is 0 Å². The quantitative estimate of drug-likeness (QED) is 0.667. The average Bonchev–Trinajstić information content (AvgIpc) is 3.09. The number of rotatable bonds is 6. The molecule has 0 radical (unpaired) electrons. The molecule has 2 aromatic carbocycles. The number of amides is 2. The van der Waals surface area contributed by atoms with Gasteiger partial charge in [0.05, 0.1) is 11.4 Å². The van der Waals surface area contributed by atoms with E-state index in [1.165, 1.54) is 25.2 Å². The number of nitrogens with zero attached hydrogens (tertiary/aromatic N) is 1. The summed E-state index contributed by atoms with van der Waals surface area (Å²) >= 11 is 1.49. The first-order valence-corrected chi connectivity index (χ1v) is 9.21. The van der Waals surface area contributed by atoms with Crippen LogP contribution >= 0.6 is 11.3 Å². The number of aromatic nitrogens is 1. The Labute approximate surface area is 161 Å². The van der Waals surface area contributed by atoms with E-state index in [1.807, 2.05) is 41.8 Å². The Balaban J connectivity index is 1.81. The highest BCUT2D eigenvalue weighted by atomic mass is 32.1. The minimum Gasteiger partial charge on any atom is -0.486 e. The van der Waals surface area contributed by atoms with Gasteiger partial charge in [0.2, 0.25) is 11.8 Å². The van der Waals surface area contributed by atoms with Gasteiger partial charge in [-0.3, -0.25) is 9.59 Å². The largest absolute Gasteiger partial charge is 0.486 e. The number of para-hydroxylation sites is 1. The van der Waals surface area contributed by atoms with Crippen LogP contribution in [0.3, 0.4) is 0 Å². The maximum Gasteiger partial charge on any atom is 0.221 e. The minimum atomic E-state index is -0.195. The van der Waals surface area contributed by atoms with Crippen molar-refractivity contribution in [2.75, 3.05) is 10.6 Å². The zero-order valence-electron chi connectivity index (χ0n) is 15.0. The number of anilines is 2. The molecule has 6 nitrogen and oxygen atoms in total. The zero-order chi connectivity index (χ0) is 19.2. The van der Waals surface area contributed by atoms with Crippen molar-refractivity contribution in [3.63, 3.8) is 0 Å². The van der Waals surface area contributed by atoms with Crippen molar-refractivity contribution < 1.29 is 14.3 Å². The van der Waals surface area contributed by atoms with E-state index in [-0.39, 0.29) is 11.8 Å². The monoisotopic (exact) mass is 381 g/mol. The zero-order valence-corrected chi connectivity index (χ0v) is 15.8. The summed E-state index contributed by atoms with van der Waals surface area (Å²) in [5, 5.41) is 8.25. The average molecular weight is 381 g/mol. The number of carbonyl (C=O) groups is 2. The fraction of sp³-hybridized carbons (Fsp3) is 0.150. The van der Waals surface area contributed by atoms with Gasteiger partial charge >= 0.3 is 0 Å². The maximum atomic E-state index is 11.6. The second-order valence-electron chi connectivity index (χ2n) is 5.85. The lowest BCUT2D eigenvalue weighted by Gasteiger charge is -2.11. The van der Waals surface area contributed by atoms with Crippen molar-refractivity contribution in [2.24, 2.45) is 0 Å². The number of carbonyl (C=O) groups excluding carboxylic acids is 2. The van der Waals surface area contributed by atoms with Gasteiger partial charge < -0.3 is 15.4 Å². The molecule has 0 atom stereocenters. The van der Waals surface area contributed by atoms with Gasteiger partial charge in [0, 0.05) is 30.5 Å². The molecule has 0 spiro atoms. The lowest BCUT2D eigenvalue weighted by atomic mass is 10.1. The molecule has 0 fully saturated rings. The molecule has 138 valence electrons. The predicted octanol–water partition coefficient (Wildman–Crippen LogP) is 4.31. The van der Waals surface area contributed by atoms with Crippen molar-refractivity contribution in [3.8, 4) is 17.0 Å². The van der Waals surface area contributed by atoms with Gasteiger partial charge in [0.15, 0.2) is 0 Å². The Bertz CT molecular complexity index is 954. The molecule has 2 amide bonds. The number of nitrogens with one attached hydrogen (secondary N) is 2. The van der Waals surface area contributed by atoms with Crippen molar-refractivity contribution in [1.82, 2.24) is 4.98 Å². The third kappa shape index (κ3) is 5.15. The lowest BCUT2D eigenvalue weighted by molar-refractivity contribution is -0.115. The number of benzene rings is 2. The Morgan fingerprint density at radius 3 is 2.48 bits per heavy atom. The molecule has 0 aliphatic heterocycles. The molecule has 3 rings (SSSR count). The first-order chi connectivity index (χ1) is 13.0. The fourth-order valence-electron chi connectivity index (χ4n) is 2.50. The Morgan fingerprint density at radius 1 is 1.04 bits per heavy atom. The summed E-state index contributed by atoms with van der Waals surface area (Å²) in [5.74, 6) is 0.414. The van der Waals surface area contributed by atoms with Crippen LogP contribution in [0.25, 0.3) is 11.3 Å². The minimum absolute atomic E-state index is 0.175. The first kappa shape index (κ1) is 18.6. The van der Waals surface area contributed by atoms with Crippen LogP contribution in [0.2, 0.25) is 0 Å². The topological polar surface area (TPSA) is 80.3 Å². The highest BCUT2D eigenvalue weighted by molar-refractivity contribution is 7.09. The van der Waals surface area contributed by atoms with E-state index in [4.69, 9.17) is 4.74 Å². The van der Waals surface area contributed by atoms with Crippen LogP contribution in [-0.4, -0.2) is 16.8 Å². The summed E-state index contributed by atoms with van der Waals surface area (Å²) in [5.41, 5.74) is 2.72. The fourth-order valence-corrected chi connectivity index (χ4v) is 3.21. The Morgan fingerprint density at radius 2 is 1.78 bits per heavy atom. The molecule has 0 saturated carbocycles. The van der Waals surface area contributed by atoms with E-state index in [2.05, 4.69) is 15.6 Å². The summed E-state index contributed by atoms with van der Waals surface area (Å²) in [6, 6.07) is 14.9. The molecule has 0 saturated heterocycles. The summed E-state index contributed by atoms with van der Waals surface area (Å²) in [6.07, 6.45) is 0. The van der Waals surface area contributed by atoms with Gasteiger partial charge in [-0.2, -0.15) is 0 Å². The molecule has 27 heavy (non-hydrogen) atoms. The van der Waals surface area contributed by atoms with Crippen LogP contribution < -0.4 is 15.4 Å². The van der Waals surface area contributed by atoms with Crippen LogP contribution in [0.5, 0.6) is 5.75 Å². The summed E-state index contributed by atoms with van der Waals surface area (Å²) in [7, 11) is 0. The summed E-state index contributed by atoms with van der Waals surface area (Å²) in [6.45, 7) is 3.24. The van der Waals surface area contributed by atoms with Crippen LogP contribution in [-0.2, 0) is 16.2 Å². The van der Waals surface area contributed by atoms with Crippen molar-refractivity contribution in [2.45, 2.75) is 20.5 Å². The van der Waals surface area contributed by atoms with E-state index in [0.717, 1.165) is 22.0 Å². The van der Waals surface area contributed by atoms with E-state index in [9.17, 15) is 9.59 Å². The Hall–Kier alpha value is -3.19. The maximum absolute atomic E-state index is 11.6. The van der Waals surface area contributed by atoms with Crippen LogP contribution in [0.4, 0.5) is 11.4 Å². The molecule has 7 heteroatoms. The molecule has 0 unspecified atom stereocenters. The van der Waals surface area contributed by atoms with E-state index >= 15 is 0 Å². The number of hydrogen-bond donors (Lipinski definition) is 2. The van der Waals surface area contributed by atoms with Gasteiger partial charge in [-0.15, -0.1) is 11.3 Å². The molecule has 2 N–H and O–H groups in total. The lowest BCUT2D eigenvalue weighted by Crippen LogP contribution is -2.09. The molecule has 0 aliphatic carbocycles. The van der Waals surface area contributed by atoms with E-state index in [1.54, 1.807) is 12.1 Å². The van der Waals surface area contributed by atoms with Gasteiger partial charge in [0.1, 0.15) is 17.4 Å². The molecule has 0 aliphatic rings. The predicted molar refractivity (Wildman–Crippen MR) is 107 cm³/mol. The van der Waals surface area contributed by atoms with Gasteiger partial charge in [-0.1, -0.05) is 18.2 Å². The SMILES string of the molecule is CC(=O)Nc1ccc(-c2csc(COc3ccccc3)n2)c(NC(C)=O)c1. The van der Waals surface area contributed by atoms with Gasteiger partial charge in [0.25, 0.3) is 0 Å². The van der Waals surface area contributed by atoms with Crippen molar-refractivity contribution >= 4 is 34.5 Å². The second kappa shape index (κ2) is 8.46. The van der Waals surface area contributed by atoms with E-state index in [0.29, 0.717) is 18.0 Å². The third-order valence-electron chi connectivity index (χ3n) is 3.58. The molecular weight excluding hydrogens is 362 g/mol. The molecular formula is C20H19N3O3S. The normalized spacial score (nSPS) is 10.3. The highest BCUT2D eigenvalue weighted by Gasteiger charge is 2.12. The van der Waals surface area contributed by atoms with Crippen LogP contribution in [0, 0.1) is 0 Å². The van der Waals surface area contributed by atoms with Gasteiger partial charge in [-0.05, 0) is 30.3 Å². The molecule has 3 aromatic rings. The molecule has 1 aromatic heterocycles. The van der Waals surface area contributed by atoms with Crippen LogP contribution in [0.15, 0.2) is 53.9 Å². The first-order valence-electron chi connectivity index (χ1n) is 8.33. The third-order valence-corrected chi connectivity index (χ3v) is 4.41. The number of thiazole rings is 1. The van der Waals surface area contributed by atoms with Crippen molar-refractivity contribution in [3.05, 3.63) is 58.9 Å². The molecule has 0 bridgehead atoms. The summed E-state index contributed by atoms with van der Waals surface area (Å²) in [4.78, 5) is 27.4. The van der Waals surface area contributed by atoms with Crippen LogP contribution in [0.1, 0.15) is 18.9 Å². The second-order valence-corrected chi connectivity index (χ2v) is 6.79. The highest BCUT2D eigenvalue weighted by Crippen LogP contribution is 2.32. The smallest absolute Gasteiger partial charge is 0.221 e. The standard InChI is InChI=1S/C20H19N3O3S/c1-13(24)21-15-8-9-17(18(10-15)22-14(2)25)19-12-27-20(23-19)11-26-16-6-4-3-5-7-16/h3-10,12H,11H2,1-2H3,(H,21,24)(H,22,25). The molecule has 1 heterocycles. The Kier molecular flexibility index (Phi) is 5.83. The number of ether oxygens (including phenoxy) is 1. The van der Waals surface area contributed by atoms with E-state index < -0.39 is 0 Å².